The second-order valence-corrected chi connectivity index (χ2v) is 5.89. The van der Waals surface area contributed by atoms with Gasteiger partial charge in [0.25, 0.3) is 0 Å². The molecule has 3 heteroatoms. The topological polar surface area (TPSA) is 44.9 Å². The predicted molar refractivity (Wildman–Crippen MR) is 77.1 cm³/mol. The molecule has 0 radical (unpaired) electrons. The normalized spacial score (nSPS) is 26.5. The molecule has 3 atom stereocenters. The lowest BCUT2D eigenvalue weighted by molar-refractivity contribution is -0.122. The van der Waals surface area contributed by atoms with Gasteiger partial charge in [-0.1, -0.05) is 24.3 Å². The molecular formula is C17H18N2O. The molecule has 2 aliphatic rings. The van der Waals surface area contributed by atoms with Crippen molar-refractivity contribution in [1.82, 2.24) is 10.3 Å². The summed E-state index contributed by atoms with van der Waals surface area (Å²) in [4.78, 5) is 15.4. The van der Waals surface area contributed by atoms with E-state index < -0.39 is 0 Å². The van der Waals surface area contributed by atoms with Crippen LogP contribution in [-0.2, 0) is 17.8 Å². The summed E-state index contributed by atoms with van der Waals surface area (Å²) in [5.74, 6) is 1.44. The third-order valence-corrected chi connectivity index (χ3v) is 4.76. The molecule has 0 spiro atoms. The van der Waals surface area contributed by atoms with E-state index in [9.17, 15) is 4.79 Å². The number of rotatable bonds is 3. The number of carbonyl (C=O) groups is 1. The molecule has 3 nitrogen and oxygen atoms in total. The van der Waals surface area contributed by atoms with Gasteiger partial charge in [-0.25, -0.2) is 0 Å². The van der Waals surface area contributed by atoms with Crippen LogP contribution in [0, 0.1) is 11.8 Å². The highest BCUT2D eigenvalue weighted by atomic mass is 16.2. The molecule has 20 heavy (non-hydrogen) atoms. The van der Waals surface area contributed by atoms with E-state index in [-0.39, 0.29) is 11.8 Å². The van der Waals surface area contributed by atoms with Gasteiger partial charge in [0, 0.05) is 24.9 Å². The van der Waals surface area contributed by atoms with Crippen LogP contribution in [0.25, 0.3) is 0 Å². The summed E-state index contributed by atoms with van der Waals surface area (Å²) in [6.07, 6.45) is 6.09. The van der Waals surface area contributed by atoms with E-state index >= 15 is 0 Å². The lowest BCUT2D eigenvalue weighted by atomic mass is 9.92. The number of hydrogen-bond acceptors (Lipinski definition) is 1. The zero-order chi connectivity index (χ0) is 13.5. The van der Waals surface area contributed by atoms with Gasteiger partial charge in [0.2, 0.25) is 5.91 Å². The smallest absolute Gasteiger partial charge is 0.224 e. The van der Waals surface area contributed by atoms with E-state index in [0.717, 1.165) is 18.4 Å². The first kappa shape index (κ1) is 11.8. The van der Waals surface area contributed by atoms with Crippen LogP contribution in [0.2, 0.25) is 0 Å². The quantitative estimate of drug-likeness (QED) is 0.881. The predicted octanol–water partition coefficient (Wildman–Crippen LogP) is 2.61. The highest BCUT2D eigenvalue weighted by molar-refractivity contribution is 5.84. The molecule has 1 heterocycles. The Bertz CT molecular complexity index is 632. The number of amides is 1. The van der Waals surface area contributed by atoms with Gasteiger partial charge >= 0.3 is 0 Å². The van der Waals surface area contributed by atoms with E-state index in [0.29, 0.717) is 18.4 Å². The molecule has 2 N–H and O–H groups in total. The summed E-state index contributed by atoms with van der Waals surface area (Å²) >= 11 is 0. The van der Waals surface area contributed by atoms with Crippen LogP contribution < -0.4 is 5.32 Å². The van der Waals surface area contributed by atoms with E-state index in [1.54, 1.807) is 0 Å². The molecule has 2 aromatic rings. The monoisotopic (exact) mass is 266 g/mol. The van der Waals surface area contributed by atoms with Gasteiger partial charge in [-0.3, -0.25) is 4.79 Å². The fraction of sp³-hybridized carbons (Fsp3) is 0.353. The van der Waals surface area contributed by atoms with Gasteiger partial charge in [0.15, 0.2) is 0 Å². The van der Waals surface area contributed by atoms with Crippen LogP contribution in [0.4, 0.5) is 0 Å². The molecule has 1 fully saturated rings. The van der Waals surface area contributed by atoms with Crippen molar-refractivity contribution in [2.75, 3.05) is 0 Å². The van der Waals surface area contributed by atoms with Crippen molar-refractivity contribution in [2.24, 2.45) is 11.8 Å². The zero-order valence-electron chi connectivity index (χ0n) is 11.3. The molecule has 4 rings (SSSR count). The summed E-state index contributed by atoms with van der Waals surface area (Å²) in [6, 6.07) is 10.6. The maximum absolute atomic E-state index is 12.4. The molecule has 102 valence electrons. The van der Waals surface area contributed by atoms with Gasteiger partial charge in [0.1, 0.15) is 0 Å². The van der Waals surface area contributed by atoms with Crippen LogP contribution in [0.15, 0.2) is 42.7 Å². The maximum Gasteiger partial charge on any atom is 0.224 e. The molecule has 0 aliphatic heterocycles. The molecule has 3 unspecified atom stereocenters. The number of H-pyrrole nitrogens is 1. The van der Waals surface area contributed by atoms with Gasteiger partial charge < -0.3 is 10.3 Å². The SMILES string of the molecule is O=C(NCc1cc[nH]c1)C1C2CCc3ccccc3C21. The van der Waals surface area contributed by atoms with Crippen molar-refractivity contribution in [2.45, 2.75) is 25.3 Å². The molecule has 2 aliphatic carbocycles. The standard InChI is InChI=1S/C17H18N2O/c20-17(19-10-11-7-8-18-9-11)16-14-6-5-12-3-1-2-4-13(12)15(14)16/h1-4,7-9,14-16,18H,5-6,10H2,(H,19,20). The van der Waals surface area contributed by atoms with Crippen LogP contribution in [-0.4, -0.2) is 10.9 Å². The van der Waals surface area contributed by atoms with Crippen molar-refractivity contribution in [3.63, 3.8) is 0 Å². The van der Waals surface area contributed by atoms with E-state index in [1.807, 2.05) is 18.5 Å². The van der Waals surface area contributed by atoms with E-state index in [2.05, 4.69) is 34.6 Å². The number of aromatic amines is 1. The number of nitrogens with one attached hydrogen (secondary N) is 2. The van der Waals surface area contributed by atoms with E-state index in [4.69, 9.17) is 0 Å². The van der Waals surface area contributed by atoms with Crippen molar-refractivity contribution < 1.29 is 4.79 Å². The molecule has 1 aromatic heterocycles. The average molecular weight is 266 g/mol. The maximum atomic E-state index is 12.4. The fourth-order valence-corrected chi connectivity index (χ4v) is 3.70. The molecular weight excluding hydrogens is 248 g/mol. The third kappa shape index (κ3) is 1.85. The minimum atomic E-state index is 0.192. The Balaban J connectivity index is 1.45. The highest BCUT2D eigenvalue weighted by Crippen LogP contribution is 2.59. The van der Waals surface area contributed by atoms with Gasteiger partial charge in [-0.2, -0.15) is 0 Å². The Morgan fingerprint density at radius 3 is 3.05 bits per heavy atom. The lowest BCUT2D eigenvalue weighted by Crippen LogP contribution is -2.25. The minimum absolute atomic E-state index is 0.192. The largest absolute Gasteiger partial charge is 0.367 e. The number of aromatic nitrogens is 1. The van der Waals surface area contributed by atoms with Gasteiger partial charge in [-0.05, 0) is 47.4 Å². The van der Waals surface area contributed by atoms with Crippen LogP contribution >= 0.6 is 0 Å². The number of carbonyl (C=O) groups excluding carboxylic acids is 1. The Kier molecular flexibility index (Phi) is 2.66. The molecule has 0 bridgehead atoms. The van der Waals surface area contributed by atoms with E-state index in [1.165, 1.54) is 11.1 Å². The van der Waals surface area contributed by atoms with Crippen molar-refractivity contribution >= 4 is 5.91 Å². The average Bonchev–Trinajstić information content (AvgIpc) is 3.00. The highest BCUT2D eigenvalue weighted by Gasteiger charge is 2.56. The second-order valence-electron chi connectivity index (χ2n) is 5.89. The van der Waals surface area contributed by atoms with Gasteiger partial charge in [-0.15, -0.1) is 0 Å². The first-order valence-electron chi connectivity index (χ1n) is 7.32. The molecule has 1 aromatic carbocycles. The molecule has 1 amide bonds. The Labute approximate surface area is 118 Å². The second kappa shape index (κ2) is 4.51. The summed E-state index contributed by atoms with van der Waals surface area (Å²) in [5.41, 5.74) is 3.97. The summed E-state index contributed by atoms with van der Waals surface area (Å²) in [6.45, 7) is 0.625. The minimum Gasteiger partial charge on any atom is -0.367 e. The summed E-state index contributed by atoms with van der Waals surface area (Å²) < 4.78 is 0. The third-order valence-electron chi connectivity index (χ3n) is 4.76. The molecule has 0 saturated heterocycles. The number of aryl methyl sites for hydroxylation is 1. The van der Waals surface area contributed by atoms with Crippen LogP contribution in [0.5, 0.6) is 0 Å². The Morgan fingerprint density at radius 2 is 2.20 bits per heavy atom. The first-order valence-corrected chi connectivity index (χ1v) is 7.32. The Hall–Kier alpha value is -2.03. The number of benzene rings is 1. The summed E-state index contributed by atoms with van der Waals surface area (Å²) in [5, 5.41) is 3.08. The Morgan fingerprint density at radius 1 is 1.30 bits per heavy atom. The van der Waals surface area contributed by atoms with Gasteiger partial charge in [0.05, 0.1) is 0 Å². The van der Waals surface area contributed by atoms with Crippen LogP contribution in [0.1, 0.15) is 29.0 Å². The number of hydrogen-bond donors (Lipinski definition) is 2. The van der Waals surface area contributed by atoms with Crippen LogP contribution in [0.3, 0.4) is 0 Å². The summed E-state index contributed by atoms with van der Waals surface area (Å²) in [7, 11) is 0. The number of fused-ring (bicyclic) bond motifs is 3. The molecule has 1 saturated carbocycles. The zero-order valence-corrected chi connectivity index (χ0v) is 11.3. The lowest BCUT2D eigenvalue weighted by Gasteiger charge is -2.13. The van der Waals surface area contributed by atoms with Crippen molar-refractivity contribution in [3.05, 3.63) is 59.4 Å². The first-order chi connectivity index (χ1) is 9.84. The fourth-order valence-electron chi connectivity index (χ4n) is 3.70. The van der Waals surface area contributed by atoms with Crippen molar-refractivity contribution in [1.29, 1.82) is 0 Å². The van der Waals surface area contributed by atoms with Crippen molar-refractivity contribution in [3.8, 4) is 0 Å².